The molecule has 0 bridgehead atoms. The molecule has 2 atom stereocenters. The van der Waals surface area contributed by atoms with Crippen LogP contribution in [0.2, 0.25) is 5.02 Å². The number of nitrogens with zero attached hydrogens (tertiary/aromatic N) is 4. The van der Waals surface area contributed by atoms with Crippen LogP contribution in [-0.2, 0) is 6.18 Å². The number of anilines is 2. The topological polar surface area (TPSA) is 32.3 Å². The van der Waals surface area contributed by atoms with Gasteiger partial charge in [0.15, 0.2) is 0 Å². The highest BCUT2D eigenvalue weighted by Crippen LogP contribution is 2.37. The molecule has 8 heteroatoms. The van der Waals surface area contributed by atoms with Crippen LogP contribution in [0.5, 0.6) is 0 Å². The molecule has 2 aromatic heterocycles. The maximum Gasteiger partial charge on any atom is 0.433 e. The van der Waals surface area contributed by atoms with Crippen LogP contribution in [0.1, 0.15) is 5.69 Å². The van der Waals surface area contributed by atoms with Gasteiger partial charge in [0.25, 0.3) is 0 Å². The van der Waals surface area contributed by atoms with E-state index in [1.54, 1.807) is 12.3 Å². The van der Waals surface area contributed by atoms with E-state index in [2.05, 4.69) is 14.9 Å². The molecule has 0 spiro atoms. The molecule has 4 nitrogen and oxygen atoms in total. The van der Waals surface area contributed by atoms with Gasteiger partial charge in [-0.2, -0.15) is 13.2 Å². The van der Waals surface area contributed by atoms with E-state index in [1.807, 2.05) is 17.0 Å². The van der Waals surface area contributed by atoms with E-state index in [9.17, 15) is 13.2 Å². The SMILES string of the molecule is FC(F)(F)c1cc(N2CC3CN(c4ccc(Cl)cn4)CC3C2)ccn1. The van der Waals surface area contributed by atoms with E-state index in [-0.39, 0.29) is 0 Å². The van der Waals surface area contributed by atoms with Crippen molar-refractivity contribution in [2.24, 2.45) is 11.8 Å². The lowest BCUT2D eigenvalue weighted by Crippen LogP contribution is -2.29. The minimum Gasteiger partial charge on any atom is -0.371 e. The van der Waals surface area contributed by atoms with Crippen molar-refractivity contribution in [3.05, 3.63) is 47.4 Å². The predicted molar refractivity (Wildman–Crippen MR) is 89.9 cm³/mol. The second-order valence-corrected chi connectivity index (χ2v) is 7.00. The van der Waals surface area contributed by atoms with Crippen molar-refractivity contribution in [3.8, 4) is 0 Å². The molecular weight excluding hydrogens is 353 g/mol. The highest BCUT2D eigenvalue weighted by atomic mass is 35.5. The fourth-order valence-electron chi connectivity index (χ4n) is 3.72. The van der Waals surface area contributed by atoms with Crippen molar-refractivity contribution in [2.75, 3.05) is 36.0 Å². The lowest BCUT2D eigenvalue weighted by atomic mass is 10.0. The zero-order valence-corrected chi connectivity index (χ0v) is 14.0. The quantitative estimate of drug-likeness (QED) is 0.808. The number of hydrogen-bond donors (Lipinski definition) is 0. The number of pyridine rings is 2. The number of halogens is 4. The highest BCUT2D eigenvalue weighted by molar-refractivity contribution is 6.30. The number of aromatic nitrogens is 2. The third-order valence-corrected chi connectivity index (χ3v) is 5.14. The van der Waals surface area contributed by atoms with Gasteiger partial charge in [-0.15, -0.1) is 0 Å². The Kier molecular flexibility index (Phi) is 3.98. The second-order valence-electron chi connectivity index (χ2n) is 6.56. The average molecular weight is 369 g/mol. The molecule has 25 heavy (non-hydrogen) atoms. The van der Waals surface area contributed by atoms with E-state index in [1.165, 1.54) is 6.20 Å². The van der Waals surface area contributed by atoms with Gasteiger partial charge in [0, 0.05) is 56.1 Å². The third-order valence-electron chi connectivity index (χ3n) is 4.92. The Bertz CT molecular complexity index is 751. The first kappa shape index (κ1) is 16.4. The summed E-state index contributed by atoms with van der Waals surface area (Å²) < 4.78 is 38.5. The van der Waals surface area contributed by atoms with Gasteiger partial charge < -0.3 is 9.80 Å². The van der Waals surface area contributed by atoms with Crippen LogP contribution in [0.4, 0.5) is 24.7 Å². The number of fused-ring (bicyclic) bond motifs is 1. The van der Waals surface area contributed by atoms with Crippen molar-refractivity contribution in [2.45, 2.75) is 6.18 Å². The van der Waals surface area contributed by atoms with E-state index >= 15 is 0 Å². The molecule has 4 heterocycles. The fraction of sp³-hybridized carbons (Fsp3) is 0.412. The maximum absolute atomic E-state index is 12.8. The van der Waals surface area contributed by atoms with Crippen LogP contribution in [0.25, 0.3) is 0 Å². The molecule has 0 amide bonds. The molecule has 132 valence electrons. The minimum atomic E-state index is -4.41. The largest absolute Gasteiger partial charge is 0.433 e. The van der Waals surface area contributed by atoms with Gasteiger partial charge in [0.05, 0.1) is 5.02 Å². The molecule has 2 aliphatic heterocycles. The van der Waals surface area contributed by atoms with Gasteiger partial charge in [-0.3, -0.25) is 4.98 Å². The van der Waals surface area contributed by atoms with Gasteiger partial charge in [-0.1, -0.05) is 11.6 Å². The van der Waals surface area contributed by atoms with Gasteiger partial charge in [0.1, 0.15) is 11.5 Å². The average Bonchev–Trinajstić information content (AvgIpc) is 3.14. The lowest BCUT2D eigenvalue weighted by Gasteiger charge is -2.24. The minimum absolute atomic E-state index is 0.417. The van der Waals surface area contributed by atoms with Crippen LogP contribution in [0.15, 0.2) is 36.7 Å². The molecule has 2 fully saturated rings. The molecule has 0 aromatic carbocycles. The first-order valence-electron chi connectivity index (χ1n) is 8.05. The molecule has 0 saturated carbocycles. The monoisotopic (exact) mass is 368 g/mol. The summed E-state index contributed by atoms with van der Waals surface area (Å²) >= 11 is 5.87. The molecular formula is C17H16ClF3N4. The summed E-state index contributed by atoms with van der Waals surface area (Å²) in [5.74, 6) is 1.73. The van der Waals surface area contributed by atoms with Gasteiger partial charge in [0.2, 0.25) is 0 Å². The zero-order chi connectivity index (χ0) is 17.6. The van der Waals surface area contributed by atoms with E-state index in [0.29, 0.717) is 22.5 Å². The Morgan fingerprint density at radius 1 is 0.960 bits per heavy atom. The first-order valence-corrected chi connectivity index (χ1v) is 8.42. The Labute approximate surface area is 148 Å². The van der Waals surface area contributed by atoms with Crippen molar-refractivity contribution < 1.29 is 13.2 Å². The molecule has 2 unspecified atom stereocenters. The van der Waals surface area contributed by atoms with Crippen molar-refractivity contribution >= 4 is 23.1 Å². The van der Waals surface area contributed by atoms with Gasteiger partial charge >= 0.3 is 6.18 Å². The van der Waals surface area contributed by atoms with Crippen molar-refractivity contribution in [1.82, 2.24) is 9.97 Å². The van der Waals surface area contributed by atoms with Crippen LogP contribution in [0.3, 0.4) is 0 Å². The van der Waals surface area contributed by atoms with E-state index < -0.39 is 11.9 Å². The summed E-state index contributed by atoms with van der Waals surface area (Å²) in [6, 6.07) is 6.51. The van der Waals surface area contributed by atoms with Crippen LogP contribution in [0, 0.1) is 11.8 Å². The third kappa shape index (κ3) is 3.25. The van der Waals surface area contributed by atoms with Gasteiger partial charge in [-0.25, -0.2) is 4.98 Å². The van der Waals surface area contributed by atoms with Crippen LogP contribution >= 0.6 is 11.6 Å². The Balaban J connectivity index is 1.45. The molecule has 2 aromatic rings. The molecule has 2 aliphatic rings. The molecule has 0 aliphatic carbocycles. The maximum atomic E-state index is 12.8. The summed E-state index contributed by atoms with van der Waals surface area (Å²) in [6.45, 7) is 3.20. The van der Waals surface area contributed by atoms with Gasteiger partial charge in [-0.05, 0) is 24.3 Å². The summed E-state index contributed by atoms with van der Waals surface area (Å²) in [5.41, 5.74) is -0.248. The fourth-order valence-corrected chi connectivity index (χ4v) is 3.83. The smallest absolute Gasteiger partial charge is 0.371 e. The van der Waals surface area contributed by atoms with Crippen LogP contribution in [-0.4, -0.2) is 36.1 Å². The number of rotatable bonds is 2. The van der Waals surface area contributed by atoms with E-state index in [0.717, 1.165) is 38.1 Å². The number of hydrogen-bond acceptors (Lipinski definition) is 4. The van der Waals surface area contributed by atoms with Crippen LogP contribution < -0.4 is 9.80 Å². The van der Waals surface area contributed by atoms with Crippen molar-refractivity contribution in [3.63, 3.8) is 0 Å². The standard InChI is InChI=1S/C17H16ClF3N4/c18-13-1-2-16(23-6-13)25-9-11-7-24(8-12(11)10-25)14-3-4-22-15(5-14)17(19,20)21/h1-6,11-12H,7-10H2. The summed E-state index contributed by atoms with van der Waals surface area (Å²) in [6.07, 6.45) is -1.55. The molecule has 2 saturated heterocycles. The predicted octanol–water partition coefficient (Wildman–Crippen LogP) is 3.72. The first-order chi connectivity index (χ1) is 11.9. The van der Waals surface area contributed by atoms with Crippen molar-refractivity contribution in [1.29, 1.82) is 0 Å². The summed E-state index contributed by atoms with van der Waals surface area (Å²) in [7, 11) is 0. The molecule has 0 N–H and O–H groups in total. The van der Waals surface area contributed by atoms with E-state index in [4.69, 9.17) is 11.6 Å². The second kappa shape index (κ2) is 6.05. The Hall–Kier alpha value is -2.02. The summed E-state index contributed by atoms with van der Waals surface area (Å²) in [4.78, 5) is 12.0. The lowest BCUT2D eigenvalue weighted by molar-refractivity contribution is -0.141. The Morgan fingerprint density at radius 2 is 1.64 bits per heavy atom. The number of alkyl halides is 3. The normalized spacial score (nSPS) is 23.2. The molecule has 0 radical (unpaired) electrons. The molecule has 4 rings (SSSR count). The highest BCUT2D eigenvalue weighted by Gasteiger charge is 2.41. The Morgan fingerprint density at radius 3 is 2.24 bits per heavy atom. The summed E-state index contributed by atoms with van der Waals surface area (Å²) in [5, 5.41) is 0.604. The zero-order valence-electron chi connectivity index (χ0n) is 13.2.